The van der Waals surface area contributed by atoms with Crippen LogP contribution < -0.4 is 0 Å². The maximum Gasteiger partial charge on any atom is 0.0227 e. The molecule has 86 valence electrons. The van der Waals surface area contributed by atoms with Gasteiger partial charge in [0, 0.05) is 18.8 Å². The van der Waals surface area contributed by atoms with E-state index in [0.717, 1.165) is 13.0 Å². The largest absolute Gasteiger partial charge is 0.375 e. The first-order chi connectivity index (χ1) is 7.15. The predicted molar refractivity (Wildman–Crippen MR) is 69.8 cm³/mol. The van der Waals surface area contributed by atoms with Gasteiger partial charge in [-0.25, -0.2) is 0 Å². The molecule has 0 bridgehead atoms. The monoisotopic (exact) mass is 207 g/mol. The van der Waals surface area contributed by atoms with Crippen molar-refractivity contribution in [3.8, 4) is 0 Å². The van der Waals surface area contributed by atoms with Crippen molar-refractivity contribution in [2.24, 2.45) is 0 Å². The Kier molecular flexibility index (Phi) is 7.79. The first kappa shape index (κ1) is 14.0. The second-order valence-corrected chi connectivity index (χ2v) is 4.01. The molecule has 0 atom stereocenters. The lowest BCUT2D eigenvalue weighted by molar-refractivity contribution is 0.309. The second kappa shape index (κ2) is 8.34. The summed E-state index contributed by atoms with van der Waals surface area (Å²) in [5.41, 5.74) is 1.29. The Hall–Kier alpha value is -0.980. The Labute approximate surface area is 95.2 Å². The zero-order valence-corrected chi connectivity index (χ0v) is 10.7. The van der Waals surface area contributed by atoms with Gasteiger partial charge in [-0.3, -0.25) is 0 Å². The van der Waals surface area contributed by atoms with Crippen LogP contribution in [-0.2, 0) is 0 Å². The third-order valence-electron chi connectivity index (χ3n) is 2.33. The van der Waals surface area contributed by atoms with Crippen LogP contribution in [0.1, 0.15) is 40.5 Å². The van der Waals surface area contributed by atoms with E-state index in [4.69, 9.17) is 0 Å². The summed E-state index contributed by atoms with van der Waals surface area (Å²) in [5, 5.41) is 0. The van der Waals surface area contributed by atoms with Gasteiger partial charge in [0.15, 0.2) is 0 Å². The first-order valence-electron chi connectivity index (χ1n) is 5.85. The Balaban J connectivity index is 4.51. The van der Waals surface area contributed by atoms with Crippen LogP contribution in [0.25, 0.3) is 0 Å². The zero-order valence-electron chi connectivity index (χ0n) is 10.7. The molecule has 1 nitrogen and oxygen atoms in total. The van der Waals surface area contributed by atoms with Gasteiger partial charge in [-0.05, 0) is 39.2 Å². The van der Waals surface area contributed by atoms with Crippen LogP contribution in [0.4, 0.5) is 0 Å². The van der Waals surface area contributed by atoms with Crippen molar-refractivity contribution < 1.29 is 0 Å². The van der Waals surface area contributed by atoms with Crippen LogP contribution in [0, 0.1) is 0 Å². The maximum absolute atomic E-state index is 3.86. The quantitative estimate of drug-likeness (QED) is 0.448. The number of hydrogen-bond donors (Lipinski definition) is 0. The van der Waals surface area contributed by atoms with Crippen LogP contribution in [0.5, 0.6) is 0 Å². The van der Waals surface area contributed by atoms with Crippen molar-refractivity contribution in [1.82, 2.24) is 4.90 Å². The third-order valence-corrected chi connectivity index (χ3v) is 2.33. The number of nitrogens with zero attached hydrogens (tertiary/aromatic N) is 1. The van der Waals surface area contributed by atoms with Gasteiger partial charge in [0.05, 0.1) is 0 Å². The molecule has 0 aliphatic rings. The second-order valence-electron chi connectivity index (χ2n) is 4.01. The number of allylic oxidation sites excluding steroid dienone is 4. The van der Waals surface area contributed by atoms with Crippen molar-refractivity contribution >= 4 is 0 Å². The van der Waals surface area contributed by atoms with Crippen LogP contribution in [0.2, 0.25) is 0 Å². The molecule has 0 unspecified atom stereocenters. The van der Waals surface area contributed by atoms with Gasteiger partial charge in [-0.15, -0.1) is 0 Å². The van der Waals surface area contributed by atoms with Crippen LogP contribution in [-0.4, -0.2) is 17.5 Å². The average Bonchev–Trinajstić information content (AvgIpc) is 2.22. The van der Waals surface area contributed by atoms with Gasteiger partial charge in [0.1, 0.15) is 0 Å². The highest BCUT2D eigenvalue weighted by atomic mass is 15.1. The minimum absolute atomic E-state index is 0.561. The third kappa shape index (κ3) is 6.16. The van der Waals surface area contributed by atoms with E-state index in [9.17, 15) is 0 Å². The highest BCUT2D eigenvalue weighted by Crippen LogP contribution is 2.09. The highest BCUT2D eigenvalue weighted by Gasteiger charge is 2.03. The van der Waals surface area contributed by atoms with E-state index in [1.807, 2.05) is 13.0 Å². The van der Waals surface area contributed by atoms with Gasteiger partial charge in [-0.2, -0.15) is 0 Å². The van der Waals surface area contributed by atoms with Gasteiger partial charge in [-0.1, -0.05) is 31.7 Å². The van der Waals surface area contributed by atoms with E-state index in [1.165, 1.54) is 12.0 Å². The molecule has 1 heteroatoms. The van der Waals surface area contributed by atoms with E-state index < -0.39 is 0 Å². The van der Waals surface area contributed by atoms with Gasteiger partial charge in [0.25, 0.3) is 0 Å². The van der Waals surface area contributed by atoms with Gasteiger partial charge >= 0.3 is 0 Å². The standard InChI is InChI=1S/C14H25N/c1-6-9-10-14(8-3)12-15(11-7-2)13(4)5/h6,8-9,12-13H,3,7,10-11H2,1-2,4-5H3/b9-6-,14-12+. The molecule has 0 aliphatic heterocycles. The minimum Gasteiger partial charge on any atom is -0.375 e. The molecule has 0 saturated heterocycles. The Morgan fingerprint density at radius 2 is 2.07 bits per heavy atom. The Bertz CT molecular complexity index is 223. The minimum atomic E-state index is 0.561. The molecule has 0 fully saturated rings. The van der Waals surface area contributed by atoms with Crippen molar-refractivity contribution in [3.05, 3.63) is 36.6 Å². The molecule has 0 radical (unpaired) electrons. The molecule has 0 rings (SSSR count). The lowest BCUT2D eigenvalue weighted by atomic mass is 10.1. The number of rotatable bonds is 7. The highest BCUT2D eigenvalue weighted by molar-refractivity contribution is 5.19. The molecular formula is C14H25N. The summed E-state index contributed by atoms with van der Waals surface area (Å²) in [6.45, 7) is 13.7. The molecule has 0 spiro atoms. The number of hydrogen-bond acceptors (Lipinski definition) is 1. The first-order valence-corrected chi connectivity index (χ1v) is 5.85. The summed E-state index contributed by atoms with van der Waals surface area (Å²) in [6, 6.07) is 0.561. The fourth-order valence-electron chi connectivity index (χ4n) is 1.39. The van der Waals surface area contributed by atoms with Crippen molar-refractivity contribution in [1.29, 1.82) is 0 Å². The summed E-state index contributed by atoms with van der Waals surface area (Å²) < 4.78 is 0. The molecule has 0 N–H and O–H groups in total. The van der Waals surface area contributed by atoms with Gasteiger partial charge in [0.2, 0.25) is 0 Å². The maximum atomic E-state index is 3.86. The normalized spacial score (nSPS) is 12.5. The summed E-state index contributed by atoms with van der Waals surface area (Å²) >= 11 is 0. The van der Waals surface area contributed by atoms with Crippen LogP contribution >= 0.6 is 0 Å². The van der Waals surface area contributed by atoms with Crippen molar-refractivity contribution in [3.63, 3.8) is 0 Å². The van der Waals surface area contributed by atoms with E-state index in [1.54, 1.807) is 0 Å². The smallest absolute Gasteiger partial charge is 0.0227 e. The molecule has 0 amide bonds. The predicted octanol–water partition coefficient (Wildman–Crippen LogP) is 4.14. The molecule has 0 heterocycles. The van der Waals surface area contributed by atoms with E-state index in [2.05, 4.69) is 50.6 Å². The van der Waals surface area contributed by atoms with E-state index >= 15 is 0 Å². The van der Waals surface area contributed by atoms with Crippen LogP contribution in [0.3, 0.4) is 0 Å². The summed E-state index contributed by atoms with van der Waals surface area (Å²) in [4.78, 5) is 2.38. The Morgan fingerprint density at radius 1 is 1.40 bits per heavy atom. The summed E-state index contributed by atoms with van der Waals surface area (Å²) in [5.74, 6) is 0. The lowest BCUT2D eigenvalue weighted by Gasteiger charge is -2.25. The Morgan fingerprint density at radius 3 is 2.47 bits per heavy atom. The molecule has 0 aromatic rings. The van der Waals surface area contributed by atoms with Crippen molar-refractivity contribution in [2.75, 3.05) is 6.54 Å². The topological polar surface area (TPSA) is 3.24 Å². The summed E-state index contributed by atoms with van der Waals surface area (Å²) in [7, 11) is 0. The fourth-order valence-corrected chi connectivity index (χ4v) is 1.39. The molecule has 15 heavy (non-hydrogen) atoms. The molecule has 0 aliphatic carbocycles. The van der Waals surface area contributed by atoms with E-state index in [0.29, 0.717) is 6.04 Å². The zero-order chi connectivity index (χ0) is 11.7. The average molecular weight is 207 g/mol. The molecule has 0 saturated carbocycles. The summed E-state index contributed by atoms with van der Waals surface area (Å²) in [6.07, 6.45) is 10.6. The molecule has 0 aromatic carbocycles. The fraction of sp³-hybridized carbons (Fsp3) is 0.571. The van der Waals surface area contributed by atoms with Crippen molar-refractivity contribution in [2.45, 2.75) is 46.6 Å². The van der Waals surface area contributed by atoms with Crippen LogP contribution in [0.15, 0.2) is 36.6 Å². The molecular weight excluding hydrogens is 182 g/mol. The SMILES string of the molecule is C=C/C(=C\N(CCC)C(C)C)C/C=C\C. The van der Waals surface area contributed by atoms with E-state index in [-0.39, 0.29) is 0 Å². The van der Waals surface area contributed by atoms with Gasteiger partial charge < -0.3 is 4.90 Å². The molecule has 0 aromatic heterocycles. The lowest BCUT2D eigenvalue weighted by Crippen LogP contribution is -2.26.